The Kier molecular flexibility index (Phi) is 5.35. The van der Waals surface area contributed by atoms with Gasteiger partial charge in [0.25, 0.3) is 0 Å². The second-order valence-electron chi connectivity index (χ2n) is 2.65. The predicted octanol–water partition coefficient (Wildman–Crippen LogP) is 1.65. The third kappa shape index (κ3) is 4.85. The summed E-state index contributed by atoms with van der Waals surface area (Å²) in [7, 11) is 0. The first-order valence-corrected chi connectivity index (χ1v) is 3.99. The van der Waals surface area contributed by atoms with Gasteiger partial charge in [-0.25, -0.2) is 4.79 Å². The summed E-state index contributed by atoms with van der Waals surface area (Å²) < 4.78 is 0. The van der Waals surface area contributed by atoms with Gasteiger partial charge in [-0.1, -0.05) is 12.2 Å². The lowest BCUT2D eigenvalue weighted by atomic mass is 10.3. The second kappa shape index (κ2) is 6.06. The molecule has 0 aromatic heterocycles. The molecule has 0 spiro atoms. The van der Waals surface area contributed by atoms with Crippen molar-refractivity contribution < 1.29 is 9.90 Å². The van der Waals surface area contributed by atoms with Gasteiger partial charge in [0.15, 0.2) is 0 Å². The topological polar surface area (TPSA) is 40.5 Å². The van der Waals surface area contributed by atoms with Gasteiger partial charge in [-0.3, -0.25) is 0 Å². The minimum Gasteiger partial charge on any atom is -0.478 e. The average molecular weight is 181 g/mol. The molecule has 0 aromatic carbocycles. The summed E-state index contributed by atoms with van der Waals surface area (Å²) in [5.41, 5.74) is 0.309. The minimum absolute atomic E-state index is 0.309. The number of carbonyl (C=O) groups is 1. The third-order valence-corrected chi connectivity index (χ3v) is 1.44. The molecule has 0 aliphatic rings. The average Bonchev–Trinajstić information content (AvgIpc) is 2.05. The summed E-state index contributed by atoms with van der Waals surface area (Å²) >= 11 is 0. The van der Waals surface area contributed by atoms with Crippen LogP contribution in [-0.2, 0) is 4.79 Å². The summed E-state index contributed by atoms with van der Waals surface area (Å²) in [6.45, 7) is 9.96. The van der Waals surface area contributed by atoms with Gasteiger partial charge in [0.05, 0.1) is 0 Å². The smallest absolute Gasteiger partial charge is 0.332 e. The fourth-order valence-electron chi connectivity index (χ4n) is 0.841. The quantitative estimate of drug-likeness (QED) is 0.500. The van der Waals surface area contributed by atoms with Crippen molar-refractivity contribution in [3.8, 4) is 0 Å². The van der Waals surface area contributed by atoms with Crippen molar-refractivity contribution in [2.24, 2.45) is 0 Å². The fraction of sp³-hybridized carbons (Fsp3) is 0.300. The van der Waals surface area contributed by atoms with E-state index in [4.69, 9.17) is 5.11 Å². The molecule has 0 saturated carbocycles. The van der Waals surface area contributed by atoms with Crippen molar-refractivity contribution in [2.45, 2.75) is 6.92 Å². The van der Waals surface area contributed by atoms with Crippen LogP contribution in [-0.4, -0.2) is 29.1 Å². The maximum Gasteiger partial charge on any atom is 0.332 e. The van der Waals surface area contributed by atoms with E-state index in [-0.39, 0.29) is 0 Å². The third-order valence-electron chi connectivity index (χ3n) is 1.44. The van der Waals surface area contributed by atoms with Crippen molar-refractivity contribution in [3.63, 3.8) is 0 Å². The standard InChI is InChI=1S/C10H15NO2/c1-4-6-11(7-5-2)8-9(3)10(12)13/h4-5,8H,1-2,6-7H2,3H3,(H,12,13). The highest BCUT2D eigenvalue weighted by atomic mass is 16.4. The minimum atomic E-state index is -0.905. The zero-order valence-corrected chi connectivity index (χ0v) is 7.86. The molecule has 0 bridgehead atoms. The van der Waals surface area contributed by atoms with Crippen LogP contribution in [0.5, 0.6) is 0 Å². The molecule has 0 heterocycles. The Morgan fingerprint density at radius 2 is 1.85 bits per heavy atom. The molecular formula is C10H15NO2. The lowest BCUT2D eigenvalue weighted by Crippen LogP contribution is -2.18. The monoisotopic (exact) mass is 181 g/mol. The van der Waals surface area contributed by atoms with E-state index in [2.05, 4.69) is 13.2 Å². The summed E-state index contributed by atoms with van der Waals surface area (Å²) in [4.78, 5) is 12.3. The van der Waals surface area contributed by atoms with E-state index >= 15 is 0 Å². The largest absolute Gasteiger partial charge is 0.478 e. The van der Waals surface area contributed by atoms with Gasteiger partial charge in [0.1, 0.15) is 0 Å². The zero-order valence-electron chi connectivity index (χ0n) is 7.86. The van der Waals surface area contributed by atoms with Crippen LogP contribution in [0.4, 0.5) is 0 Å². The van der Waals surface area contributed by atoms with Crippen molar-refractivity contribution in [3.05, 3.63) is 37.1 Å². The first-order valence-electron chi connectivity index (χ1n) is 3.99. The lowest BCUT2D eigenvalue weighted by Gasteiger charge is -2.16. The fourth-order valence-corrected chi connectivity index (χ4v) is 0.841. The Morgan fingerprint density at radius 1 is 1.38 bits per heavy atom. The highest BCUT2D eigenvalue weighted by molar-refractivity contribution is 5.85. The Labute approximate surface area is 78.7 Å². The highest BCUT2D eigenvalue weighted by Crippen LogP contribution is 1.98. The summed E-state index contributed by atoms with van der Waals surface area (Å²) in [5.74, 6) is -0.905. The molecule has 0 unspecified atom stereocenters. The molecule has 0 radical (unpaired) electrons. The zero-order chi connectivity index (χ0) is 10.3. The van der Waals surface area contributed by atoms with Crippen molar-refractivity contribution in [1.29, 1.82) is 0 Å². The van der Waals surface area contributed by atoms with Gasteiger partial charge >= 0.3 is 5.97 Å². The number of carboxylic acid groups (broad SMARTS) is 1. The van der Waals surface area contributed by atoms with E-state index in [1.807, 2.05) is 4.90 Å². The molecular weight excluding hydrogens is 166 g/mol. The van der Waals surface area contributed by atoms with E-state index in [0.717, 1.165) is 0 Å². The molecule has 72 valence electrons. The van der Waals surface area contributed by atoms with Gasteiger partial charge < -0.3 is 10.0 Å². The van der Waals surface area contributed by atoms with Crippen molar-refractivity contribution in [2.75, 3.05) is 13.1 Å². The van der Waals surface area contributed by atoms with Crippen LogP contribution >= 0.6 is 0 Å². The van der Waals surface area contributed by atoms with Gasteiger partial charge in [0.2, 0.25) is 0 Å². The number of hydrogen-bond donors (Lipinski definition) is 1. The lowest BCUT2D eigenvalue weighted by molar-refractivity contribution is -0.132. The molecule has 0 atom stereocenters. The Bertz CT molecular complexity index is 221. The SMILES string of the molecule is C=CCN(C=C(C)C(=O)O)CC=C. The van der Waals surface area contributed by atoms with E-state index in [0.29, 0.717) is 18.7 Å². The van der Waals surface area contributed by atoms with Crippen LogP contribution < -0.4 is 0 Å². The first kappa shape index (κ1) is 11.5. The Balaban J connectivity index is 4.36. The van der Waals surface area contributed by atoms with Crippen LogP contribution in [0.15, 0.2) is 37.1 Å². The van der Waals surface area contributed by atoms with Gasteiger partial charge in [-0.2, -0.15) is 0 Å². The van der Waals surface area contributed by atoms with E-state index in [1.165, 1.54) is 0 Å². The molecule has 3 nitrogen and oxygen atoms in total. The number of rotatable bonds is 6. The number of hydrogen-bond acceptors (Lipinski definition) is 2. The van der Waals surface area contributed by atoms with Crippen LogP contribution in [0, 0.1) is 0 Å². The van der Waals surface area contributed by atoms with Crippen LogP contribution in [0.1, 0.15) is 6.92 Å². The number of carboxylic acids is 1. The number of nitrogens with zero attached hydrogens (tertiary/aromatic N) is 1. The van der Waals surface area contributed by atoms with Gasteiger partial charge in [0, 0.05) is 24.9 Å². The highest BCUT2D eigenvalue weighted by Gasteiger charge is 2.01. The van der Waals surface area contributed by atoms with Crippen LogP contribution in [0.25, 0.3) is 0 Å². The molecule has 0 saturated heterocycles. The van der Waals surface area contributed by atoms with Gasteiger partial charge in [-0.15, -0.1) is 13.2 Å². The molecule has 0 aliphatic heterocycles. The molecule has 1 N–H and O–H groups in total. The second-order valence-corrected chi connectivity index (χ2v) is 2.65. The Hall–Kier alpha value is -1.51. The molecule has 0 aromatic rings. The summed E-state index contributed by atoms with van der Waals surface area (Å²) in [6, 6.07) is 0. The number of aliphatic carboxylic acids is 1. The maximum absolute atomic E-state index is 10.5. The van der Waals surface area contributed by atoms with E-state index < -0.39 is 5.97 Å². The normalized spacial score (nSPS) is 10.7. The summed E-state index contributed by atoms with van der Waals surface area (Å²) in [6.07, 6.45) is 5.02. The van der Waals surface area contributed by atoms with Crippen LogP contribution in [0.3, 0.4) is 0 Å². The van der Waals surface area contributed by atoms with E-state index in [1.54, 1.807) is 25.3 Å². The maximum atomic E-state index is 10.5. The predicted molar refractivity (Wildman–Crippen MR) is 53.4 cm³/mol. The molecule has 0 fully saturated rings. The van der Waals surface area contributed by atoms with Crippen molar-refractivity contribution in [1.82, 2.24) is 4.90 Å². The van der Waals surface area contributed by atoms with Gasteiger partial charge in [-0.05, 0) is 6.92 Å². The molecule has 0 rings (SSSR count). The van der Waals surface area contributed by atoms with E-state index in [9.17, 15) is 4.79 Å². The van der Waals surface area contributed by atoms with Crippen molar-refractivity contribution >= 4 is 5.97 Å². The molecule has 3 heteroatoms. The molecule has 0 amide bonds. The first-order chi connectivity index (χ1) is 6.11. The molecule has 0 aliphatic carbocycles. The summed E-state index contributed by atoms with van der Waals surface area (Å²) in [5, 5.41) is 8.62. The molecule has 13 heavy (non-hydrogen) atoms. The Morgan fingerprint density at radius 3 is 2.15 bits per heavy atom. The van der Waals surface area contributed by atoms with Crippen LogP contribution in [0.2, 0.25) is 0 Å².